The molecule has 0 aromatic heterocycles. The van der Waals surface area contributed by atoms with Crippen molar-refractivity contribution < 1.29 is 13.2 Å². The molecule has 0 radical (unpaired) electrons. The number of amidine groups is 1. The summed E-state index contributed by atoms with van der Waals surface area (Å²) in [5.41, 5.74) is 4.75. The van der Waals surface area contributed by atoms with Gasteiger partial charge in [0.05, 0.1) is 5.56 Å². The van der Waals surface area contributed by atoms with Crippen LogP contribution in [0.15, 0.2) is 18.2 Å². The molecule has 0 fully saturated rings. The Morgan fingerprint density at radius 1 is 1.37 bits per heavy atom. The molecule has 0 saturated heterocycles. The van der Waals surface area contributed by atoms with Crippen LogP contribution in [0.5, 0.6) is 0 Å². The van der Waals surface area contributed by atoms with Crippen LogP contribution in [-0.4, -0.2) is 18.4 Å². The number of alkyl halides is 3. The molecular weight excluding hydrogens is 255 g/mol. The van der Waals surface area contributed by atoms with Gasteiger partial charge >= 0.3 is 6.18 Å². The summed E-state index contributed by atoms with van der Waals surface area (Å²) in [6.45, 7) is 6.49. The molecule has 3 nitrogen and oxygen atoms in total. The molecule has 1 aromatic rings. The van der Waals surface area contributed by atoms with Crippen molar-refractivity contribution in [3.63, 3.8) is 0 Å². The van der Waals surface area contributed by atoms with E-state index in [1.807, 2.05) is 25.7 Å². The van der Waals surface area contributed by atoms with E-state index in [9.17, 15) is 13.2 Å². The van der Waals surface area contributed by atoms with Gasteiger partial charge in [-0.1, -0.05) is 0 Å². The summed E-state index contributed by atoms with van der Waals surface area (Å²) < 4.78 is 38.4. The minimum atomic E-state index is -4.51. The highest BCUT2D eigenvalue weighted by molar-refractivity contribution is 5.97. The molecule has 0 atom stereocenters. The Balaban J connectivity index is 3.35. The summed E-state index contributed by atoms with van der Waals surface area (Å²) >= 11 is 0. The van der Waals surface area contributed by atoms with E-state index in [2.05, 4.69) is 0 Å². The Hall–Kier alpha value is -1.72. The van der Waals surface area contributed by atoms with Gasteiger partial charge in [-0.25, -0.2) is 0 Å². The monoisotopic (exact) mass is 273 g/mol. The van der Waals surface area contributed by atoms with Crippen molar-refractivity contribution in [2.45, 2.75) is 33.0 Å². The van der Waals surface area contributed by atoms with Crippen LogP contribution < -0.4 is 10.6 Å². The Kier molecular flexibility index (Phi) is 4.44. The number of hydrogen-bond acceptors (Lipinski definition) is 2. The lowest BCUT2D eigenvalue weighted by Gasteiger charge is -2.28. The van der Waals surface area contributed by atoms with Crippen LogP contribution in [0.25, 0.3) is 0 Å². The van der Waals surface area contributed by atoms with E-state index in [-0.39, 0.29) is 11.6 Å². The fourth-order valence-electron chi connectivity index (χ4n) is 2.03. The maximum absolute atomic E-state index is 12.8. The number of nitrogens with one attached hydrogen (secondary N) is 1. The van der Waals surface area contributed by atoms with Crippen LogP contribution in [0, 0.1) is 5.41 Å². The van der Waals surface area contributed by atoms with E-state index in [0.29, 0.717) is 12.2 Å². The number of hydrogen-bond donors (Lipinski definition) is 2. The van der Waals surface area contributed by atoms with E-state index >= 15 is 0 Å². The van der Waals surface area contributed by atoms with E-state index in [4.69, 9.17) is 11.1 Å². The molecule has 0 bridgehead atoms. The summed E-state index contributed by atoms with van der Waals surface area (Å²) in [4.78, 5) is 1.94. The van der Waals surface area contributed by atoms with E-state index in [0.717, 1.165) is 6.07 Å². The number of nitrogens with zero attached hydrogens (tertiary/aromatic N) is 1. The van der Waals surface area contributed by atoms with Gasteiger partial charge in [0.2, 0.25) is 0 Å². The minimum absolute atomic E-state index is 0.154. The topological polar surface area (TPSA) is 53.1 Å². The second-order valence-electron chi connectivity index (χ2n) is 4.52. The SMILES string of the molecule is CCN(c1ccc(C(F)(F)F)c(C(=N)N)c1)C(C)C. The fraction of sp³-hybridized carbons (Fsp3) is 0.462. The van der Waals surface area contributed by atoms with Gasteiger partial charge < -0.3 is 10.6 Å². The molecule has 1 aromatic carbocycles. The van der Waals surface area contributed by atoms with Crippen LogP contribution in [0.1, 0.15) is 31.9 Å². The minimum Gasteiger partial charge on any atom is -0.384 e. The molecule has 3 N–H and O–H groups in total. The van der Waals surface area contributed by atoms with Crippen molar-refractivity contribution >= 4 is 11.5 Å². The highest BCUT2D eigenvalue weighted by Crippen LogP contribution is 2.34. The standard InChI is InChI=1S/C13H18F3N3/c1-4-19(8(2)3)9-5-6-11(13(14,15)16)10(7-9)12(17)18/h5-8H,4H2,1-3H3,(H3,17,18). The summed E-state index contributed by atoms with van der Waals surface area (Å²) in [6, 6.07) is 3.88. The predicted molar refractivity (Wildman–Crippen MR) is 70.6 cm³/mol. The third-order valence-corrected chi connectivity index (χ3v) is 2.89. The normalized spacial score (nSPS) is 11.7. The summed E-state index contributed by atoms with van der Waals surface area (Å²) in [5.74, 6) is -0.575. The van der Waals surface area contributed by atoms with Crippen LogP contribution in [-0.2, 0) is 6.18 Å². The number of benzene rings is 1. The molecule has 0 spiro atoms. The third kappa shape index (κ3) is 3.39. The number of halogens is 3. The van der Waals surface area contributed by atoms with Gasteiger partial charge in [-0.05, 0) is 39.0 Å². The second kappa shape index (κ2) is 5.50. The fourth-order valence-corrected chi connectivity index (χ4v) is 2.03. The van der Waals surface area contributed by atoms with Crippen molar-refractivity contribution in [1.29, 1.82) is 5.41 Å². The van der Waals surface area contributed by atoms with Gasteiger partial charge in [-0.2, -0.15) is 13.2 Å². The Morgan fingerprint density at radius 2 is 1.95 bits per heavy atom. The average molecular weight is 273 g/mol. The highest BCUT2D eigenvalue weighted by Gasteiger charge is 2.34. The lowest BCUT2D eigenvalue weighted by atomic mass is 10.0. The molecule has 19 heavy (non-hydrogen) atoms. The third-order valence-electron chi connectivity index (χ3n) is 2.89. The Labute approximate surface area is 110 Å². The van der Waals surface area contributed by atoms with Crippen LogP contribution in [0.2, 0.25) is 0 Å². The van der Waals surface area contributed by atoms with Crippen molar-refractivity contribution in [2.75, 3.05) is 11.4 Å². The zero-order chi connectivity index (χ0) is 14.8. The quantitative estimate of drug-likeness (QED) is 0.653. The number of nitrogen functional groups attached to an aromatic ring is 1. The molecule has 0 amide bonds. The molecule has 0 saturated carbocycles. The van der Waals surface area contributed by atoms with E-state index < -0.39 is 17.6 Å². The van der Waals surface area contributed by atoms with Gasteiger partial charge in [-0.3, -0.25) is 5.41 Å². The smallest absolute Gasteiger partial charge is 0.384 e. The van der Waals surface area contributed by atoms with Gasteiger partial charge in [0.25, 0.3) is 0 Å². The zero-order valence-electron chi connectivity index (χ0n) is 11.2. The molecule has 106 valence electrons. The maximum atomic E-state index is 12.8. The van der Waals surface area contributed by atoms with Crippen LogP contribution >= 0.6 is 0 Å². The summed E-state index contributed by atoms with van der Waals surface area (Å²) in [6.07, 6.45) is -4.51. The first-order valence-electron chi connectivity index (χ1n) is 6.00. The Morgan fingerprint density at radius 3 is 2.32 bits per heavy atom. The molecule has 0 aliphatic carbocycles. The summed E-state index contributed by atoms with van der Waals surface area (Å²) in [5, 5.41) is 7.32. The lowest BCUT2D eigenvalue weighted by molar-refractivity contribution is -0.137. The van der Waals surface area contributed by atoms with Crippen molar-refractivity contribution in [3.05, 3.63) is 29.3 Å². The van der Waals surface area contributed by atoms with E-state index in [1.54, 1.807) is 0 Å². The van der Waals surface area contributed by atoms with Gasteiger partial charge in [0, 0.05) is 23.8 Å². The molecule has 0 unspecified atom stereocenters. The summed E-state index contributed by atoms with van der Waals surface area (Å²) in [7, 11) is 0. The van der Waals surface area contributed by atoms with Gasteiger partial charge in [0.15, 0.2) is 0 Å². The maximum Gasteiger partial charge on any atom is 0.417 e. The van der Waals surface area contributed by atoms with Crippen molar-refractivity contribution in [2.24, 2.45) is 5.73 Å². The van der Waals surface area contributed by atoms with Crippen molar-refractivity contribution in [3.8, 4) is 0 Å². The first-order valence-corrected chi connectivity index (χ1v) is 6.00. The largest absolute Gasteiger partial charge is 0.417 e. The highest BCUT2D eigenvalue weighted by atomic mass is 19.4. The van der Waals surface area contributed by atoms with Crippen LogP contribution in [0.4, 0.5) is 18.9 Å². The van der Waals surface area contributed by atoms with Crippen LogP contribution in [0.3, 0.4) is 0 Å². The predicted octanol–water partition coefficient (Wildman–Crippen LogP) is 3.22. The average Bonchev–Trinajstić information content (AvgIpc) is 2.27. The molecular formula is C13H18F3N3. The first-order chi connectivity index (χ1) is 8.68. The lowest BCUT2D eigenvalue weighted by Crippen LogP contribution is -2.31. The zero-order valence-corrected chi connectivity index (χ0v) is 11.2. The Bertz CT molecular complexity index is 467. The van der Waals surface area contributed by atoms with E-state index in [1.165, 1.54) is 12.1 Å². The molecule has 0 heterocycles. The van der Waals surface area contributed by atoms with Gasteiger partial charge in [-0.15, -0.1) is 0 Å². The molecule has 1 rings (SSSR count). The number of rotatable bonds is 4. The molecule has 0 aliphatic rings. The first kappa shape index (κ1) is 15.3. The second-order valence-corrected chi connectivity index (χ2v) is 4.52. The number of anilines is 1. The van der Waals surface area contributed by atoms with Crippen molar-refractivity contribution in [1.82, 2.24) is 0 Å². The molecule has 0 aliphatic heterocycles. The van der Waals surface area contributed by atoms with Gasteiger partial charge in [0.1, 0.15) is 5.84 Å². The molecule has 6 heteroatoms. The number of nitrogens with two attached hydrogens (primary N) is 1.